The van der Waals surface area contributed by atoms with Crippen LogP contribution in [0.4, 0.5) is 5.69 Å². The van der Waals surface area contributed by atoms with Gasteiger partial charge in [-0.25, -0.2) is 8.42 Å². The molecule has 110 valence electrons. The monoisotopic (exact) mass is 297 g/mol. The molecule has 0 aliphatic carbocycles. The van der Waals surface area contributed by atoms with Crippen LogP contribution in [0.25, 0.3) is 0 Å². The van der Waals surface area contributed by atoms with E-state index < -0.39 is 15.8 Å². The van der Waals surface area contributed by atoms with Crippen molar-refractivity contribution in [2.75, 3.05) is 17.7 Å². The SMILES string of the molecule is CC1CC(C(=O)O)CCN1c1ccc(S(C)(=O)=O)cc1. The fraction of sp³-hybridized carbons (Fsp3) is 0.500. The zero-order valence-electron chi connectivity index (χ0n) is 11.6. The van der Waals surface area contributed by atoms with E-state index >= 15 is 0 Å². The van der Waals surface area contributed by atoms with E-state index in [1.807, 2.05) is 6.92 Å². The van der Waals surface area contributed by atoms with Gasteiger partial charge in [0.15, 0.2) is 9.84 Å². The van der Waals surface area contributed by atoms with Gasteiger partial charge in [0.2, 0.25) is 0 Å². The summed E-state index contributed by atoms with van der Waals surface area (Å²) in [5.41, 5.74) is 0.939. The second-order valence-electron chi connectivity index (χ2n) is 5.37. The minimum Gasteiger partial charge on any atom is -0.481 e. The van der Waals surface area contributed by atoms with Crippen LogP contribution >= 0.6 is 0 Å². The summed E-state index contributed by atoms with van der Waals surface area (Å²) in [7, 11) is -3.18. The minimum atomic E-state index is -3.18. The third-order valence-corrected chi connectivity index (χ3v) is 4.95. The molecule has 0 radical (unpaired) electrons. The largest absolute Gasteiger partial charge is 0.481 e. The molecule has 2 atom stereocenters. The van der Waals surface area contributed by atoms with Crippen molar-refractivity contribution >= 4 is 21.5 Å². The Morgan fingerprint density at radius 1 is 1.30 bits per heavy atom. The standard InChI is InChI=1S/C14H19NO4S/c1-10-9-11(14(16)17)7-8-15(10)12-3-5-13(6-4-12)20(2,18)19/h3-6,10-11H,7-9H2,1-2H3,(H,16,17). The fourth-order valence-corrected chi connectivity index (χ4v) is 3.30. The Labute approximate surface area is 119 Å². The lowest BCUT2D eigenvalue weighted by molar-refractivity contribution is -0.142. The Kier molecular flexibility index (Phi) is 4.04. The number of carboxylic acids is 1. The van der Waals surface area contributed by atoms with E-state index in [1.165, 1.54) is 6.26 Å². The van der Waals surface area contributed by atoms with Gasteiger partial charge in [-0.3, -0.25) is 4.79 Å². The van der Waals surface area contributed by atoms with Crippen molar-refractivity contribution < 1.29 is 18.3 Å². The molecule has 1 aromatic rings. The maximum absolute atomic E-state index is 11.4. The van der Waals surface area contributed by atoms with E-state index in [-0.39, 0.29) is 12.0 Å². The highest BCUT2D eigenvalue weighted by Crippen LogP contribution is 2.28. The molecule has 20 heavy (non-hydrogen) atoms. The molecule has 0 aromatic heterocycles. The highest BCUT2D eigenvalue weighted by atomic mass is 32.2. The number of rotatable bonds is 3. The van der Waals surface area contributed by atoms with Gasteiger partial charge in [-0.1, -0.05) is 0 Å². The van der Waals surface area contributed by atoms with Gasteiger partial charge in [0.25, 0.3) is 0 Å². The molecule has 1 aliphatic rings. The number of sulfone groups is 1. The predicted octanol–water partition coefficient (Wildman–Crippen LogP) is 1.78. The van der Waals surface area contributed by atoms with Crippen molar-refractivity contribution in [3.63, 3.8) is 0 Å². The quantitative estimate of drug-likeness (QED) is 0.920. The lowest BCUT2D eigenvalue weighted by atomic mass is 9.91. The molecule has 1 fully saturated rings. The summed E-state index contributed by atoms with van der Waals surface area (Å²) >= 11 is 0. The summed E-state index contributed by atoms with van der Waals surface area (Å²) in [6.07, 6.45) is 2.42. The van der Waals surface area contributed by atoms with Crippen LogP contribution < -0.4 is 4.90 Å². The maximum atomic E-state index is 11.4. The highest BCUT2D eigenvalue weighted by Gasteiger charge is 2.29. The summed E-state index contributed by atoms with van der Waals surface area (Å²) in [6, 6.07) is 6.90. The average Bonchev–Trinajstić information content (AvgIpc) is 2.37. The molecule has 1 N–H and O–H groups in total. The van der Waals surface area contributed by atoms with Crippen LogP contribution in [0.1, 0.15) is 19.8 Å². The van der Waals surface area contributed by atoms with Crippen LogP contribution in [0, 0.1) is 5.92 Å². The van der Waals surface area contributed by atoms with Crippen molar-refractivity contribution in [2.45, 2.75) is 30.7 Å². The van der Waals surface area contributed by atoms with E-state index in [9.17, 15) is 13.2 Å². The van der Waals surface area contributed by atoms with E-state index in [0.29, 0.717) is 24.3 Å². The number of carboxylic acid groups (broad SMARTS) is 1. The summed E-state index contributed by atoms with van der Waals surface area (Å²) in [5.74, 6) is -1.01. The first-order valence-corrected chi connectivity index (χ1v) is 8.48. The molecule has 6 heteroatoms. The van der Waals surface area contributed by atoms with Gasteiger partial charge < -0.3 is 10.0 Å². The van der Waals surface area contributed by atoms with Crippen LogP contribution in [0.5, 0.6) is 0 Å². The number of nitrogens with zero attached hydrogens (tertiary/aromatic N) is 1. The fourth-order valence-electron chi connectivity index (χ4n) is 2.66. The molecule has 0 amide bonds. The summed E-state index contributed by atoms with van der Waals surface area (Å²) in [6.45, 7) is 2.68. The van der Waals surface area contributed by atoms with Gasteiger partial charge in [-0.15, -0.1) is 0 Å². The molecular formula is C14H19NO4S. The molecule has 1 saturated heterocycles. The lowest BCUT2D eigenvalue weighted by Crippen LogP contribution is -2.42. The molecule has 1 aliphatic heterocycles. The van der Waals surface area contributed by atoms with Crippen LogP contribution in [0.2, 0.25) is 0 Å². The Hall–Kier alpha value is -1.56. The Balaban J connectivity index is 2.15. The third kappa shape index (κ3) is 3.12. The highest BCUT2D eigenvalue weighted by molar-refractivity contribution is 7.90. The normalized spacial score (nSPS) is 23.6. The van der Waals surface area contributed by atoms with Crippen molar-refractivity contribution in [2.24, 2.45) is 5.92 Å². The van der Waals surface area contributed by atoms with Crippen molar-refractivity contribution in [1.29, 1.82) is 0 Å². The first-order chi connectivity index (χ1) is 9.29. The average molecular weight is 297 g/mol. The number of hydrogen-bond donors (Lipinski definition) is 1. The van der Waals surface area contributed by atoms with Gasteiger partial charge in [0.05, 0.1) is 10.8 Å². The molecule has 2 unspecified atom stereocenters. The van der Waals surface area contributed by atoms with Gasteiger partial charge in [0.1, 0.15) is 0 Å². The molecule has 1 heterocycles. The first kappa shape index (κ1) is 14.8. The van der Waals surface area contributed by atoms with Crippen LogP contribution in [-0.4, -0.2) is 38.3 Å². The van der Waals surface area contributed by atoms with Gasteiger partial charge in [0, 0.05) is 24.5 Å². The maximum Gasteiger partial charge on any atom is 0.306 e. The second-order valence-corrected chi connectivity index (χ2v) is 7.38. The van der Waals surface area contributed by atoms with Crippen LogP contribution in [-0.2, 0) is 14.6 Å². The zero-order valence-corrected chi connectivity index (χ0v) is 12.4. The topological polar surface area (TPSA) is 74.7 Å². The van der Waals surface area contributed by atoms with Crippen molar-refractivity contribution in [3.05, 3.63) is 24.3 Å². The van der Waals surface area contributed by atoms with E-state index in [2.05, 4.69) is 4.90 Å². The van der Waals surface area contributed by atoms with Gasteiger partial charge in [-0.2, -0.15) is 0 Å². The smallest absolute Gasteiger partial charge is 0.306 e. The molecule has 0 saturated carbocycles. The molecule has 0 spiro atoms. The summed E-state index contributed by atoms with van der Waals surface area (Å²) < 4.78 is 22.8. The second kappa shape index (κ2) is 5.44. The Morgan fingerprint density at radius 2 is 1.90 bits per heavy atom. The number of anilines is 1. The lowest BCUT2D eigenvalue weighted by Gasteiger charge is -2.38. The van der Waals surface area contributed by atoms with Crippen molar-refractivity contribution in [3.8, 4) is 0 Å². The van der Waals surface area contributed by atoms with Crippen LogP contribution in [0.15, 0.2) is 29.2 Å². The van der Waals surface area contributed by atoms with E-state index in [4.69, 9.17) is 5.11 Å². The van der Waals surface area contributed by atoms with E-state index in [1.54, 1.807) is 24.3 Å². The molecule has 5 nitrogen and oxygen atoms in total. The number of aliphatic carboxylic acids is 1. The number of benzene rings is 1. The number of hydrogen-bond acceptors (Lipinski definition) is 4. The summed E-state index contributed by atoms with van der Waals surface area (Å²) in [5, 5.41) is 9.05. The van der Waals surface area contributed by atoms with E-state index in [0.717, 1.165) is 5.69 Å². The molecular weight excluding hydrogens is 278 g/mol. The Morgan fingerprint density at radius 3 is 2.35 bits per heavy atom. The zero-order chi connectivity index (χ0) is 14.9. The molecule has 1 aromatic carbocycles. The molecule has 2 rings (SSSR count). The Bertz CT molecular complexity index is 594. The van der Waals surface area contributed by atoms with Gasteiger partial charge in [-0.05, 0) is 44.0 Å². The van der Waals surface area contributed by atoms with Gasteiger partial charge >= 0.3 is 5.97 Å². The molecule has 0 bridgehead atoms. The van der Waals surface area contributed by atoms with Crippen molar-refractivity contribution in [1.82, 2.24) is 0 Å². The van der Waals surface area contributed by atoms with Crippen LogP contribution in [0.3, 0.4) is 0 Å². The first-order valence-electron chi connectivity index (χ1n) is 6.58. The minimum absolute atomic E-state index is 0.133. The third-order valence-electron chi connectivity index (χ3n) is 3.82. The number of carbonyl (C=O) groups is 1. The predicted molar refractivity (Wildman–Crippen MR) is 76.7 cm³/mol. The summed E-state index contributed by atoms with van der Waals surface area (Å²) in [4.78, 5) is 13.4. The number of piperidine rings is 1.